The van der Waals surface area contributed by atoms with Crippen molar-refractivity contribution in [3.63, 3.8) is 0 Å². The Bertz CT molecular complexity index is 1270. The van der Waals surface area contributed by atoms with E-state index in [1.807, 2.05) is 4.90 Å². The van der Waals surface area contributed by atoms with E-state index in [9.17, 15) is 26.5 Å². The Hall–Kier alpha value is -2.89. The highest BCUT2D eigenvalue weighted by atomic mass is 31.1. The van der Waals surface area contributed by atoms with E-state index >= 15 is 0 Å². The minimum atomic E-state index is -4.61. The summed E-state index contributed by atoms with van der Waals surface area (Å²) in [6, 6.07) is 0.789. The van der Waals surface area contributed by atoms with Crippen molar-refractivity contribution in [3.05, 3.63) is 29.8 Å². The second-order valence-electron chi connectivity index (χ2n) is 8.94. The summed E-state index contributed by atoms with van der Waals surface area (Å²) < 4.78 is 80.5. The van der Waals surface area contributed by atoms with Crippen LogP contribution in [0.5, 0.6) is 0 Å². The molecule has 0 radical (unpaired) electrons. The molecule has 2 aliphatic heterocycles. The van der Waals surface area contributed by atoms with Crippen LogP contribution in [-0.4, -0.2) is 61.9 Å². The molecule has 0 saturated carbocycles. The van der Waals surface area contributed by atoms with Gasteiger partial charge in [0.2, 0.25) is 5.95 Å². The van der Waals surface area contributed by atoms with Gasteiger partial charge in [-0.1, -0.05) is 0 Å². The Labute approximate surface area is 197 Å². The van der Waals surface area contributed by atoms with Crippen LogP contribution in [-0.2, 0) is 17.3 Å². The summed E-state index contributed by atoms with van der Waals surface area (Å²) in [6.45, 7) is 2.52. The third kappa shape index (κ3) is 4.55. The lowest BCUT2D eigenvalue weighted by atomic mass is 9.80. The van der Waals surface area contributed by atoms with E-state index in [-0.39, 0.29) is 11.4 Å². The van der Waals surface area contributed by atoms with Gasteiger partial charge in [0.1, 0.15) is 23.6 Å². The Kier molecular flexibility index (Phi) is 5.89. The molecule has 2 fully saturated rings. The Morgan fingerprint density at radius 1 is 1.17 bits per heavy atom. The maximum Gasteiger partial charge on any atom is 0.433 e. The SMILES string of the molecule is Cc1nn(CC(F)F)c2nc(N3CCC4(CC3)CN(c3nccc(C(F)(F)F)n3)[PH](=O)C4)cnc12. The fourth-order valence-corrected chi connectivity index (χ4v) is 6.89. The molecular formula is C20H22F5N8OP. The molecule has 0 aliphatic carbocycles. The third-order valence-electron chi connectivity index (χ3n) is 6.55. The lowest BCUT2D eigenvalue weighted by molar-refractivity contribution is -0.141. The largest absolute Gasteiger partial charge is 0.433 e. The Morgan fingerprint density at radius 2 is 1.91 bits per heavy atom. The number of alkyl halides is 5. The van der Waals surface area contributed by atoms with E-state index in [1.54, 1.807) is 13.1 Å². The van der Waals surface area contributed by atoms with Gasteiger partial charge in [0.15, 0.2) is 13.6 Å². The van der Waals surface area contributed by atoms with Crippen LogP contribution >= 0.6 is 7.95 Å². The van der Waals surface area contributed by atoms with Crippen molar-refractivity contribution in [2.45, 2.75) is 38.9 Å². The van der Waals surface area contributed by atoms with Gasteiger partial charge >= 0.3 is 6.18 Å². The minimum Gasteiger partial charge on any atom is -0.355 e. The van der Waals surface area contributed by atoms with Crippen LogP contribution in [0, 0.1) is 12.3 Å². The quantitative estimate of drug-likeness (QED) is 0.382. The van der Waals surface area contributed by atoms with E-state index in [0.29, 0.717) is 61.3 Å². The number of nitrogens with zero attached hydrogens (tertiary/aromatic N) is 8. The van der Waals surface area contributed by atoms with Crippen molar-refractivity contribution in [2.24, 2.45) is 5.41 Å². The molecule has 1 spiro atoms. The predicted molar refractivity (Wildman–Crippen MR) is 118 cm³/mol. The number of aromatic nitrogens is 6. The molecule has 3 aromatic heterocycles. The molecule has 2 saturated heterocycles. The van der Waals surface area contributed by atoms with Crippen LogP contribution < -0.4 is 9.57 Å². The molecule has 5 heterocycles. The molecule has 1 unspecified atom stereocenters. The normalized spacial score (nSPS) is 20.5. The molecule has 0 N–H and O–H groups in total. The Balaban J connectivity index is 1.32. The first-order valence-electron chi connectivity index (χ1n) is 11.0. The summed E-state index contributed by atoms with van der Waals surface area (Å²) in [5, 5.41) is 4.11. The van der Waals surface area contributed by atoms with Gasteiger partial charge in [-0.3, -0.25) is 4.67 Å². The van der Waals surface area contributed by atoms with E-state index in [1.165, 1.54) is 4.67 Å². The number of hydrogen-bond donors (Lipinski definition) is 0. The van der Waals surface area contributed by atoms with Gasteiger partial charge < -0.3 is 9.46 Å². The number of hydrogen-bond acceptors (Lipinski definition) is 7. The zero-order chi connectivity index (χ0) is 25.0. The molecule has 2 aliphatic rings. The fraction of sp³-hybridized carbons (Fsp3) is 0.550. The number of aryl methyl sites for hydroxylation is 1. The lowest BCUT2D eigenvalue weighted by Gasteiger charge is -2.39. The smallest absolute Gasteiger partial charge is 0.355 e. The molecule has 9 nitrogen and oxygen atoms in total. The molecular weight excluding hydrogens is 494 g/mol. The average molecular weight is 516 g/mol. The van der Waals surface area contributed by atoms with E-state index in [2.05, 4.69) is 25.0 Å². The van der Waals surface area contributed by atoms with Crippen LogP contribution in [0.25, 0.3) is 11.2 Å². The van der Waals surface area contributed by atoms with Crippen molar-refractivity contribution in [1.29, 1.82) is 0 Å². The van der Waals surface area contributed by atoms with Crippen LogP contribution in [0.1, 0.15) is 24.2 Å². The van der Waals surface area contributed by atoms with Crippen LogP contribution in [0.3, 0.4) is 0 Å². The first kappa shape index (κ1) is 23.8. The number of fused-ring (bicyclic) bond motifs is 1. The second-order valence-corrected chi connectivity index (χ2v) is 10.6. The maximum atomic E-state index is 13.1. The predicted octanol–water partition coefficient (Wildman–Crippen LogP) is 3.79. The minimum absolute atomic E-state index is 0.165. The summed E-state index contributed by atoms with van der Waals surface area (Å²) in [6.07, 6.45) is -2.93. The van der Waals surface area contributed by atoms with Gasteiger partial charge in [-0.25, -0.2) is 33.4 Å². The van der Waals surface area contributed by atoms with Gasteiger partial charge in [-0.05, 0) is 31.2 Å². The van der Waals surface area contributed by atoms with Crippen LogP contribution in [0.15, 0.2) is 18.5 Å². The monoisotopic (exact) mass is 516 g/mol. The van der Waals surface area contributed by atoms with Crippen LogP contribution in [0.4, 0.5) is 33.7 Å². The van der Waals surface area contributed by atoms with E-state index < -0.39 is 32.8 Å². The van der Waals surface area contributed by atoms with Crippen LogP contribution in [0.2, 0.25) is 0 Å². The molecule has 0 amide bonds. The van der Waals surface area contributed by atoms with Gasteiger partial charge in [0.25, 0.3) is 6.43 Å². The molecule has 15 heteroatoms. The van der Waals surface area contributed by atoms with Crippen molar-refractivity contribution >= 4 is 30.9 Å². The molecule has 3 aromatic rings. The number of halogens is 5. The van der Waals surface area contributed by atoms with E-state index in [4.69, 9.17) is 0 Å². The molecule has 35 heavy (non-hydrogen) atoms. The summed E-state index contributed by atoms with van der Waals surface area (Å²) >= 11 is 0. The number of anilines is 2. The van der Waals surface area contributed by atoms with Crippen molar-refractivity contribution < 1.29 is 26.5 Å². The standard InChI is InChI=1S/C20H22F5N8OP/c1-12-16-17(32(30-12)9-14(21)22)29-15(8-27-16)31-6-3-19(4-7-31)10-33(35(34)11-19)18-26-5-2-13(28-18)20(23,24)25/h2,5,8,14,35H,3-4,6-7,9-11H2,1H3. The fourth-order valence-electron chi connectivity index (χ4n) is 4.75. The molecule has 188 valence electrons. The van der Waals surface area contributed by atoms with Gasteiger partial charge in [-0.15, -0.1) is 0 Å². The highest BCUT2D eigenvalue weighted by Crippen LogP contribution is 2.51. The van der Waals surface area contributed by atoms with Crippen molar-refractivity contribution in [2.75, 3.05) is 35.4 Å². The molecule has 1 atom stereocenters. The average Bonchev–Trinajstić information content (AvgIpc) is 3.29. The van der Waals surface area contributed by atoms with Crippen molar-refractivity contribution in [3.8, 4) is 0 Å². The first-order valence-corrected chi connectivity index (χ1v) is 12.5. The number of piperidine rings is 1. The third-order valence-corrected chi connectivity index (χ3v) is 8.57. The zero-order valence-electron chi connectivity index (χ0n) is 18.6. The number of rotatable bonds is 4. The van der Waals surface area contributed by atoms with E-state index in [0.717, 1.165) is 16.9 Å². The second kappa shape index (κ2) is 8.65. The van der Waals surface area contributed by atoms with Gasteiger partial charge in [0, 0.05) is 32.0 Å². The summed E-state index contributed by atoms with van der Waals surface area (Å²) in [5.41, 5.74) is -0.127. The summed E-state index contributed by atoms with van der Waals surface area (Å²) in [4.78, 5) is 18.4. The summed E-state index contributed by atoms with van der Waals surface area (Å²) in [7, 11) is -2.38. The van der Waals surface area contributed by atoms with Gasteiger partial charge in [-0.2, -0.15) is 18.3 Å². The van der Waals surface area contributed by atoms with Gasteiger partial charge in [0.05, 0.1) is 11.9 Å². The maximum absolute atomic E-state index is 13.1. The lowest BCUT2D eigenvalue weighted by Crippen LogP contribution is -2.43. The topological polar surface area (TPSA) is 92.9 Å². The Morgan fingerprint density at radius 3 is 2.60 bits per heavy atom. The molecule has 0 aromatic carbocycles. The highest BCUT2D eigenvalue weighted by molar-refractivity contribution is 7.47. The molecule has 5 rings (SSSR count). The van der Waals surface area contributed by atoms with Crippen molar-refractivity contribution in [1.82, 2.24) is 29.7 Å². The zero-order valence-corrected chi connectivity index (χ0v) is 19.6. The highest BCUT2D eigenvalue weighted by Gasteiger charge is 2.46. The first-order chi connectivity index (χ1) is 16.5. The molecule has 0 bridgehead atoms. The summed E-state index contributed by atoms with van der Waals surface area (Å²) in [5.74, 6) is 0.369.